The van der Waals surface area contributed by atoms with E-state index in [-0.39, 0.29) is 5.75 Å². The zero-order chi connectivity index (χ0) is 13.8. The number of anilines is 3. The number of benzene rings is 1. The monoisotopic (exact) mass is 326 g/mol. The standard InChI is InChI=1S/C12H12BrFN4O/c1-15-12-16-6-8(13)11(18-12)17-7-3-4-10(19-2)9(14)5-7/h3-6H,1-2H3,(H2,15,16,17,18). The van der Waals surface area contributed by atoms with Gasteiger partial charge in [-0.3, -0.25) is 0 Å². The first-order chi connectivity index (χ1) is 9.13. The molecule has 7 heteroatoms. The Morgan fingerprint density at radius 1 is 1.37 bits per heavy atom. The summed E-state index contributed by atoms with van der Waals surface area (Å²) in [4.78, 5) is 8.27. The predicted molar refractivity (Wildman–Crippen MR) is 75.5 cm³/mol. The Bertz CT molecular complexity index is 594. The highest BCUT2D eigenvalue weighted by atomic mass is 79.9. The molecule has 19 heavy (non-hydrogen) atoms. The van der Waals surface area contributed by atoms with Crippen LogP contribution in [0.25, 0.3) is 0 Å². The lowest BCUT2D eigenvalue weighted by atomic mass is 10.3. The lowest BCUT2D eigenvalue weighted by molar-refractivity contribution is 0.386. The van der Waals surface area contributed by atoms with Gasteiger partial charge >= 0.3 is 0 Å². The number of hydrogen-bond donors (Lipinski definition) is 2. The molecule has 0 aliphatic rings. The van der Waals surface area contributed by atoms with E-state index in [4.69, 9.17) is 4.74 Å². The van der Waals surface area contributed by atoms with Crippen LogP contribution >= 0.6 is 15.9 Å². The van der Waals surface area contributed by atoms with E-state index < -0.39 is 5.82 Å². The van der Waals surface area contributed by atoms with Crippen LogP contribution in [0.3, 0.4) is 0 Å². The molecule has 0 aliphatic carbocycles. The Balaban J connectivity index is 2.28. The summed E-state index contributed by atoms with van der Waals surface area (Å²) in [5.74, 6) is 0.776. The lowest BCUT2D eigenvalue weighted by Crippen LogP contribution is -2.01. The van der Waals surface area contributed by atoms with Crippen LogP contribution in [0.2, 0.25) is 0 Å². The summed E-state index contributed by atoms with van der Waals surface area (Å²) in [5, 5.41) is 5.84. The van der Waals surface area contributed by atoms with E-state index in [0.29, 0.717) is 21.9 Å². The summed E-state index contributed by atoms with van der Waals surface area (Å²) >= 11 is 3.33. The van der Waals surface area contributed by atoms with E-state index in [1.54, 1.807) is 25.4 Å². The summed E-state index contributed by atoms with van der Waals surface area (Å²) in [5.41, 5.74) is 0.569. The van der Waals surface area contributed by atoms with Gasteiger partial charge in [-0.2, -0.15) is 4.98 Å². The highest BCUT2D eigenvalue weighted by Crippen LogP contribution is 2.26. The molecule has 0 unspecified atom stereocenters. The zero-order valence-electron chi connectivity index (χ0n) is 10.4. The molecule has 0 atom stereocenters. The van der Waals surface area contributed by atoms with Crippen molar-refractivity contribution in [2.45, 2.75) is 0 Å². The second-order valence-corrected chi connectivity index (χ2v) is 4.47. The first kappa shape index (κ1) is 13.5. The average molecular weight is 327 g/mol. The van der Waals surface area contributed by atoms with Crippen molar-refractivity contribution in [2.24, 2.45) is 0 Å². The van der Waals surface area contributed by atoms with Crippen molar-refractivity contribution in [2.75, 3.05) is 24.8 Å². The van der Waals surface area contributed by atoms with Gasteiger partial charge in [0.1, 0.15) is 5.82 Å². The summed E-state index contributed by atoms with van der Waals surface area (Å²) in [7, 11) is 3.14. The molecule has 0 spiro atoms. The minimum atomic E-state index is -0.438. The molecular formula is C12H12BrFN4O. The van der Waals surface area contributed by atoms with Crippen LogP contribution in [-0.4, -0.2) is 24.1 Å². The smallest absolute Gasteiger partial charge is 0.224 e. The summed E-state index contributed by atoms with van der Waals surface area (Å²) in [6.07, 6.45) is 1.61. The van der Waals surface area contributed by atoms with E-state index in [9.17, 15) is 4.39 Å². The average Bonchev–Trinajstić information content (AvgIpc) is 2.41. The second-order valence-electron chi connectivity index (χ2n) is 3.61. The fraction of sp³-hybridized carbons (Fsp3) is 0.167. The molecule has 2 N–H and O–H groups in total. The lowest BCUT2D eigenvalue weighted by Gasteiger charge is -2.10. The molecule has 1 heterocycles. The molecule has 100 valence electrons. The molecule has 0 saturated heterocycles. The maximum absolute atomic E-state index is 13.6. The quantitative estimate of drug-likeness (QED) is 0.903. The van der Waals surface area contributed by atoms with Crippen LogP contribution in [0.15, 0.2) is 28.9 Å². The normalized spacial score (nSPS) is 10.1. The number of halogens is 2. The fourth-order valence-electron chi connectivity index (χ4n) is 1.46. The van der Waals surface area contributed by atoms with Crippen LogP contribution < -0.4 is 15.4 Å². The number of hydrogen-bond acceptors (Lipinski definition) is 5. The Morgan fingerprint density at radius 2 is 2.16 bits per heavy atom. The molecule has 0 bridgehead atoms. The van der Waals surface area contributed by atoms with Crippen molar-refractivity contribution < 1.29 is 9.13 Å². The third-order valence-corrected chi connectivity index (χ3v) is 2.96. The van der Waals surface area contributed by atoms with Gasteiger partial charge in [-0.1, -0.05) is 0 Å². The van der Waals surface area contributed by atoms with Crippen molar-refractivity contribution >= 4 is 33.4 Å². The maximum atomic E-state index is 13.6. The molecular weight excluding hydrogens is 315 g/mol. The van der Waals surface area contributed by atoms with Gasteiger partial charge in [-0.25, -0.2) is 9.37 Å². The number of nitrogens with one attached hydrogen (secondary N) is 2. The van der Waals surface area contributed by atoms with Gasteiger partial charge in [-0.15, -0.1) is 0 Å². The minimum Gasteiger partial charge on any atom is -0.494 e. The van der Waals surface area contributed by atoms with Crippen molar-refractivity contribution in [3.63, 3.8) is 0 Å². The van der Waals surface area contributed by atoms with Crippen LogP contribution in [0, 0.1) is 5.82 Å². The van der Waals surface area contributed by atoms with Crippen LogP contribution in [0.4, 0.5) is 21.8 Å². The number of ether oxygens (including phenoxy) is 1. The molecule has 0 aliphatic heterocycles. The third-order valence-electron chi connectivity index (χ3n) is 2.38. The Labute approximate surface area is 118 Å². The van der Waals surface area contributed by atoms with Gasteiger partial charge in [-0.05, 0) is 28.1 Å². The molecule has 0 saturated carbocycles. The highest BCUT2D eigenvalue weighted by molar-refractivity contribution is 9.10. The Hall–Kier alpha value is -1.89. The first-order valence-corrected chi connectivity index (χ1v) is 6.24. The summed E-state index contributed by atoms with van der Waals surface area (Å²) in [6, 6.07) is 4.59. The van der Waals surface area contributed by atoms with E-state index in [2.05, 4.69) is 36.5 Å². The van der Waals surface area contributed by atoms with E-state index in [1.807, 2.05) is 0 Å². The van der Waals surface area contributed by atoms with Crippen molar-refractivity contribution in [3.8, 4) is 5.75 Å². The molecule has 0 amide bonds. The van der Waals surface area contributed by atoms with Crippen molar-refractivity contribution in [1.29, 1.82) is 0 Å². The van der Waals surface area contributed by atoms with Crippen LogP contribution in [0.5, 0.6) is 5.75 Å². The summed E-state index contributed by atoms with van der Waals surface area (Å²) in [6.45, 7) is 0. The molecule has 0 radical (unpaired) electrons. The minimum absolute atomic E-state index is 0.197. The SMILES string of the molecule is CNc1ncc(Br)c(Nc2ccc(OC)c(F)c2)n1. The predicted octanol–water partition coefficient (Wildman–Crippen LogP) is 3.17. The topological polar surface area (TPSA) is 59.1 Å². The van der Waals surface area contributed by atoms with Crippen LogP contribution in [-0.2, 0) is 0 Å². The first-order valence-electron chi connectivity index (χ1n) is 5.45. The molecule has 2 rings (SSSR count). The molecule has 5 nitrogen and oxygen atoms in total. The second kappa shape index (κ2) is 5.83. The molecule has 2 aromatic rings. The number of nitrogens with zero attached hydrogens (tertiary/aromatic N) is 2. The van der Waals surface area contributed by atoms with Crippen molar-refractivity contribution in [3.05, 3.63) is 34.7 Å². The van der Waals surface area contributed by atoms with Gasteiger partial charge in [0.15, 0.2) is 11.6 Å². The Morgan fingerprint density at radius 3 is 2.79 bits per heavy atom. The molecule has 0 fully saturated rings. The van der Waals surface area contributed by atoms with Gasteiger partial charge in [0, 0.05) is 25.0 Å². The third kappa shape index (κ3) is 3.11. The number of methoxy groups -OCH3 is 1. The maximum Gasteiger partial charge on any atom is 0.224 e. The molecule has 1 aromatic carbocycles. The van der Waals surface area contributed by atoms with E-state index in [1.165, 1.54) is 13.2 Å². The molecule has 1 aromatic heterocycles. The highest BCUT2D eigenvalue weighted by Gasteiger charge is 2.07. The van der Waals surface area contributed by atoms with Crippen molar-refractivity contribution in [1.82, 2.24) is 9.97 Å². The largest absolute Gasteiger partial charge is 0.494 e. The summed E-state index contributed by atoms with van der Waals surface area (Å²) < 4.78 is 19.1. The van der Waals surface area contributed by atoms with Gasteiger partial charge < -0.3 is 15.4 Å². The van der Waals surface area contributed by atoms with Gasteiger partial charge in [0.25, 0.3) is 0 Å². The number of rotatable bonds is 4. The van der Waals surface area contributed by atoms with Gasteiger partial charge in [0.05, 0.1) is 11.6 Å². The van der Waals surface area contributed by atoms with Gasteiger partial charge in [0.2, 0.25) is 5.95 Å². The number of aromatic nitrogens is 2. The van der Waals surface area contributed by atoms with E-state index in [0.717, 1.165) is 0 Å². The zero-order valence-corrected chi connectivity index (χ0v) is 12.0. The van der Waals surface area contributed by atoms with E-state index >= 15 is 0 Å². The fourth-order valence-corrected chi connectivity index (χ4v) is 1.75. The Kier molecular flexibility index (Phi) is 4.16. The van der Waals surface area contributed by atoms with Crippen LogP contribution in [0.1, 0.15) is 0 Å².